The minimum absolute atomic E-state index is 0.257. The number of pyridine rings is 3. The number of H-pyrrole nitrogens is 1. The second-order valence-corrected chi connectivity index (χ2v) is 9.54. The second-order valence-electron chi connectivity index (χ2n) is 9.54. The largest absolute Gasteiger partial charge is 0.346 e. The molecule has 1 aromatic carbocycles. The number of aromatic amines is 1. The van der Waals surface area contributed by atoms with E-state index in [0.29, 0.717) is 17.2 Å². The summed E-state index contributed by atoms with van der Waals surface area (Å²) in [6.07, 6.45) is 6.57. The standard InChI is InChI=1S/C31H28N6O2/c1-5-28(38)35-23-8-6-7-20(13-23)22-14-24-25(17-34-30(24)33-16-22)21-10-11-26(32-15-21)31(39)37-27-12-9-19(4)29(36-27)18(2)3/h5-18H,1H2,2-4H3,(H,33,34)(H,35,38)(H,36,37,39). The summed E-state index contributed by atoms with van der Waals surface area (Å²) in [7, 11) is 0. The third-order valence-electron chi connectivity index (χ3n) is 6.41. The normalized spacial score (nSPS) is 11.0. The van der Waals surface area contributed by atoms with Gasteiger partial charge in [-0.3, -0.25) is 14.6 Å². The Labute approximate surface area is 226 Å². The Bertz CT molecular complexity index is 1700. The summed E-state index contributed by atoms with van der Waals surface area (Å²) in [5, 5.41) is 6.55. The van der Waals surface area contributed by atoms with E-state index in [2.05, 4.69) is 51.0 Å². The number of aromatic nitrogens is 4. The number of aryl methyl sites for hydroxylation is 1. The first-order chi connectivity index (χ1) is 18.8. The smallest absolute Gasteiger partial charge is 0.275 e. The number of rotatable bonds is 7. The predicted molar refractivity (Wildman–Crippen MR) is 155 cm³/mol. The molecule has 5 aromatic rings. The van der Waals surface area contributed by atoms with Gasteiger partial charge in [-0.05, 0) is 60.4 Å². The van der Waals surface area contributed by atoms with Crippen molar-refractivity contribution in [2.75, 3.05) is 10.6 Å². The first-order valence-electron chi connectivity index (χ1n) is 12.6. The fraction of sp³-hybridized carbons (Fsp3) is 0.129. The van der Waals surface area contributed by atoms with Crippen molar-refractivity contribution in [3.63, 3.8) is 0 Å². The van der Waals surface area contributed by atoms with Gasteiger partial charge >= 0.3 is 0 Å². The van der Waals surface area contributed by atoms with E-state index in [-0.39, 0.29) is 17.7 Å². The molecule has 8 heteroatoms. The van der Waals surface area contributed by atoms with Gasteiger partial charge in [0, 0.05) is 52.0 Å². The van der Waals surface area contributed by atoms with Gasteiger partial charge in [-0.1, -0.05) is 44.7 Å². The lowest BCUT2D eigenvalue weighted by molar-refractivity contribution is -0.111. The zero-order chi connectivity index (χ0) is 27.5. The minimum Gasteiger partial charge on any atom is -0.346 e. The van der Waals surface area contributed by atoms with E-state index in [0.717, 1.165) is 44.5 Å². The van der Waals surface area contributed by atoms with Crippen molar-refractivity contribution < 1.29 is 9.59 Å². The third-order valence-corrected chi connectivity index (χ3v) is 6.41. The van der Waals surface area contributed by atoms with Gasteiger partial charge in [-0.25, -0.2) is 9.97 Å². The molecule has 4 aromatic heterocycles. The highest BCUT2D eigenvalue weighted by Gasteiger charge is 2.14. The number of fused-ring (bicyclic) bond motifs is 1. The van der Waals surface area contributed by atoms with E-state index in [9.17, 15) is 9.59 Å². The number of nitrogens with zero attached hydrogens (tertiary/aromatic N) is 3. The number of carbonyl (C=O) groups is 2. The molecular formula is C31H28N6O2. The topological polar surface area (TPSA) is 113 Å². The van der Waals surface area contributed by atoms with Gasteiger partial charge in [-0.2, -0.15) is 0 Å². The molecule has 194 valence electrons. The summed E-state index contributed by atoms with van der Waals surface area (Å²) in [4.78, 5) is 41.3. The summed E-state index contributed by atoms with van der Waals surface area (Å²) < 4.78 is 0. The molecule has 0 unspecified atom stereocenters. The van der Waals surface area contributed by atoms with Crippen LogP contribution < -0.4 is 10.6 Å². The van der Waals surface area contributed by atoms with E-state index >= 15 is 0 Å². The Morgan fingerprint density at radius 3 is 2.51 bits per heavy atom. The van der Waals surface area contributed by atoms with Crippen LogP contribution >= 0.6 is 0 Å². The van der Waals surface area contributed by atoms with Crippen LogP contribution in [0.3, 0.4) is 0 Å². The SMILES string of the molecule is C=CC(=O)Nc1cccc(-c2cnc3[nH]cc(-c4ccc(C(=O)Nc5ccc(C)c(C(C)C)n5)nc4)c3c2)c1. The van der Waals surface area contributed by atoms with Crippen molar-refractivity contribution in [1.29, 1.82) is 0 Å². The summed E-state index contributed by atoms with van der Waals surface area (Å²) in [6.45, 7) is 9.66. The van der Waals surface area contributed by atoms with Crippen molar-refractivity contribution >= 4 is 34.4 Å². The summed E-state index contributed by atoms with van der Waals surface area (Å²) in [5.41, 5.74) is 7.32. The number of benzene rings is 1. The molecule has 0 aliphatic carbocycles. The summed E-state index contributed by atoms with van der Waals surface area (Å²) >= 11 is 0. The van der Waals surface area contributed by atoms with Gasteiger partial charge in [0.05, 0.1) is 0 Å². The molecule has 0 saturated heterocycles. The third kappa shape index (κ3) is 5.45. The Hall–Kier alpha value is -5.11. The quantitative estimate of drug-likeness (QED) is 0.214. The van der Waals surface area contributed by atoms with Crippen molar-refractivity contribution in [1.82, 2.24) is 19.9 Å². The molecule has 0 saturated carbocycles. The maximum absolute atomic E-state index is 12.8. The Morgan fingerprint density at radius 2 is 1.77 bits per heavy atom. The minimum atomic E-state index is -0.320. The van der Waals surface area contributed by atoms with E-state index < -0.39 is 0 Å². The van der Waals surface area contributed by atoms with Crippen molar-refractivity contribution in [3.05, 3.63) is 103 Å². The van der Waals surface area contributed by atoms with Crippen LogP contribution in [0.15, 0.2) is 85.8 Å². The van der Waals surface area contributed by atoms with Crippen LogP contribution in [0.5, 0.6) is 0 Å². The summed E-state index contributed by atoms with van der Waals surface area (Å²) in [5.74, 6) is 0.170. The highest BCUT2D eigenvalue weighted by molar-refractivity contribution is 6.03. The Morgan fingerprint density at radius 1 is 0.949 bits per heavy atom. The highest BCUT2D eigenvalue weighted by Crippen LogP contribution is 2.31. The van der Waals surface area contributed by atoms with Gasteiger partial charge in [0.2, 0.25) is 5.91 Å². The van der Waals surface area contributed by atoms with E-state index in [1.807, 2.05) is 55.6 Å². The molecule has 2 amide bonds. The first kappa shape index (κ1) is 25.5. The van der Waals surface area contributed by atoms with Crippen LogP contribution in [0.25, 0.3) is 33.3 Å². The van der Waals surface area contributed by atoms with E-state index in [1.54, 1.807) is 24.5 Å². The number of hydrogen-bond donors (Lipinski definition) is 3. The lowest BCUT2D eigenvalue weighted by Crippen LogP contribution is -2.15. The van der Waals surface area contributed by atoms with E-state index in [4.69, 9.17) is 0 Å². The molecule has 39 heavy (non-hydrogen) atoms. The fourth-order valence-electron chi connectivity index (χ4n) is 4.44. The number of nitrogens with one attached hydrogen (secondary N) is 3. The maximum atomic E-state index is 12.8. The lowest BCUT2D eigenvalue weighted by atomic mass is 10.0. The van der Waals surface area contributed by atoms with Crippen LogP contribution in [0.2, 0.25) is 0 Å². The fourth-order valence-corrected chi connectivity index (χ4v) is 4.44. The molecule has 0 fully saturated rings. The van der Waals surface area contributed by atoms with Crippen molar-refractivity contribution in [2.24, 2.45) is 0 Å². The highest BCUT2D eigenvalue weighted by atomic mass is 16.2. The molecular weight excluding hydrogens is 488 g/mol. The maximum Gasteiger partial charge on any atom is 0.275 e. The van der Waals surface area contributed by atoms with Crippen molar-refractivity contribution in [2.45, 2.75) is 26.7 Å². The zero-order valence-electron chi connectivity index (χ0n) is 21.9. The monoisotopic (exact) mass is 516 g/mol. The zero-order valence-corrected chi connectivity index (χ0v) is 21.9. The number of anilines is 2. The average molecular weight is 517 g/mol. The molecule has 0 atom stereocenters. The molecule has 4 heterocycles. The molecule has 0 radical (unpaired) electrons. The molecule has 0 spiro atoms. The van der Waals surface area contributed by atoms with Gasteiger partial charge in [-0.15, -0.1) is 0 Å². The second kappa shape index (κ2) is 10.7. The van der Waals surface area contributed by atoms with Gasteiger partial charge < -0.3 is 15.6 Å². The number of carbonyl (C=O) groups excluding carboxylic acids is 2. The van der Waals surface area contributed by atoms with Crippen LogP contribution in [0.4, 0.5) is 11.5 Å². The van der Waals surface area contributed by atoms with E-state index in [1.165, 1.54) is 6.08 Å². The van der Waals surface area contributed by atoms with Crippen LogP contribution in [0, 0.1) is 6.92 Å². The van der Waals surface area contributed by atoms with Crippen LogP contribution in [-0.4, -0.2) is 31.8 Å². The molecule has 0 aliphatic heterocycles. The predicted octanol–water partition coefficient (Wildman–Crippen LogP) is 6.50. The summed E-state index contributed by atoms with van der Waals surface area (Å²) in [6, 6.07) is 16.9. The molecule has 0 aliphatic rings. The lowest BCUT2D eigenvalue weighted by Gasteiger charge is -2.11. The average Bonchev–Trinajstić information content (AvgIpc) is 3.37. The number of hydrogen-bond acceptors (Lipinski definition) is 5. The van der Waals surface area contributed by atoms with Gasteiger partial charge in [0.25, 0.3) is 5.91 Å². The molecule has 3 N–H and O–H groups in total. The Kier molecular flexibility index (Phi) is 7.01. The van der Waals surface area contributed by atoms with Gasteiger partial charge in [0.1, 0.15) is 17.2 Å². The molecule has 0 bridgehead atoms. The first-order valence-corrected chi connectivity index (χ1v) is 12.6. The Balaban J connectivity index is 1.39. The molecule has 8 nitrogen and oxygen atoms in total. The van der Waals surface area contributed by atoms with Crippen LogP contribution in [0.1, 0.15) is 41.5 Å². The molecule has 5 rings (SSSR count). The number of amides is 2. The van der Waals surface area contributed by atoms with Gasteiger partial charge in [0.15, 0.2) is 0 Å². The van der Waals surface area contributed by atoms with Crippen molar-refractivity contribution in [3.8, 4) is 22.3 Å². The van der Waals surface area contributed by atoms with Crippen LogP contribution in [-0.2, 0) is 4.79 Å².